The van der Waals surface area contributed by atoms with Crippen LogP contribution < -0.4 is 0 Å². The van der Waals surface area contributed by atoms with Crippen LogP contribution in [0, 0.1) is 28.4 Å². The van der Waals surface area contributed by atoms with Crippen LogP contribution in [0.1, 0.15) is 34.6 Å². The first-order valence-corrected chi connectivity index (χ1v) is 4.98. The molecule has 6 heteroatoms. The standard InChI is InChI=1S/C4H8O2.2C4H9O.2Rf/c1-4(5-2)6-3;2*1-4(2)5-3;;/h4H,2-3H2,1H3;2*4H,3H2,1-2H3;;/q-2;2*-1;;. The van der Waals surface area contributed by atoms with E-state index < -0.39 is 0 Å². The second-order valence-corrected chi connectivity index (χ2v) is 3.33. The van der Waals surface area contributed by atoms with Crippen molar-refractivity contribution in [3.8, 4) is 0 Å². The molecule has 0 fully saturated rings. The molecule has 0 saturated heterocycles. The van der Waals surface area contributed by atoms with Gasteiger partial charge in [-0.2, -0.15) is 0 Å². The molecule has 0 aliphatic carbocycles. The minimum absolute atomic E-state index is 0. The smallest absolute Gasteiger partial charge is 0.0934 e. The average Bonchev–Trinajstić information content (AvgIpc) is 2.29. The van der Waals surface area contributed by atoms with Crippen molar-refractivity contribution in [2.24, 2.45) is 0 Å². The molecule has 0 aliphatic heterocycles. The summed E-state index contributed by atoms with van der Waals surface area (Å²) < 4.78 is 17.7. The topological polar surface area (TPSA) is 36.9 Å². The molecule has 0 aromatic rings. The van der Waals surface area contributed by atoms with Crippen LogP contribution in [-0.4, -0.2) is 18.5 Å². The van der Waals surface area contributed by atoms with Gasteiger partial charge in [-0.05, 0) is 34.6 Å². The van der Waals surface area contributed by atoms with Gasteiger partial charge in [0, 0.05) is 12.2 Å². The van der Waals surface area contributed by atoms with E-state index in [-0.39, 0.29) is 18.5 Å². The molecule has 0 amide bonds. The monoisotopic (exact) mass is 768 g/mol. The summed E-state index contributed by atoms with van der Waals surface area (Å²) in [5, 5.41) is 0. The SMILES string of the molecule is [CH2-]OC(C)C.[CH2-]OC(C)C.[CH2-]OC(C)O[CH2-].[Rf].[Rf]. The third-order valence-electron chi connectivity index (χ3n) is 1.14. The maximum Gasteiger partial charge on any atom is 0.0934 e. The van der Waals surface area contributed by atoms with Gasteiger partial charge in [-0.15, -0.1) is 0 Å². The maximum atomic E-state index is 4.50. The van der Waals surface area contributed by atoms with Gasteiger partial charge in [0.25, 0.3) is 0 Å². The Bertz CT molecular complexity index is 102. The third kappa shape index (κ3) is 66.9. The quantitative estimate of drug-likeness (QED) is 0.325. The summed E-state index contributed by atoms with van der Waals surface area (Å²) in [6, 6.07) is 0. The summed E-state index contributed by atoms with van der Waals surface area (Å²) in [6.07, 6.45) is 0.259. The van der Waals surface area contributed by atoms with E-state index in [0.29, 0.717) is 0 Å². The molecule has 0 aromatic heterocycles. The van der Waals surface area contributed by atoms with Gasteiger partial charge in [0.05, 0.1) is 6.29 Å². The molecule has 106 valence electrons. The van der Waals surface area contributed by atoms with E-state index in [1.165, 1.54) is 0 Å². The minimum Gasteiger partial charge on any atom is -0.553 e. The van der Waals surface area contributed by atoms with Crippen molar-refractivity contribution in [1.29, 1.82) is 0 Å². The molecule has 0 bridgehead atoms. The van der Waals surface area contributed by atoms with Gasteiger partial charge in [-0.1, -0.05) is 0 Å². The predicted molar refractivity (Wildman–Crippen MR) is 65.5 cm³/mol. The summed E-state index contributed by atoms with van der Waals surface area (Å²) >= 11 is 0. The number of hydrogen-bond acceptors (Lipinski definition) is 4. The Kier molecular flexibility index (Phi) is 39.9. The maximum absolute atomic E-state index is 4.50. The normalized spacial score (nSPS) is 8.67. The number of ether oxygens (including phenoxy) is 4. The molecule has 4 nitrogen and oxygen atoms in total. The summed E-state index contributed by atoms with van der Waals surface area (Å²) in [7, 11) is 12.6. The predicted octanol–water partition coefficient (Wildman–Crippen LogP) is 3.35. The summed E-state index contributed by atoms with van der Waals surface area (Å²) in [5.74, 6) is 0. The molecule has 0 spiro atoms. The second-order valence-electron chi connectivity index (χ2n) is 3.33. The molecule has 0 radical (unpaired) electrons. The fraction of sp³-hybridized carbons (Fsp3) is 0.667. The zero-order valence-electron chi connectivity index (χ0n) is 12.6. The first kappa shape index (κ1) is 29.7. The Morgan fingerprint density at radius 3 is 0.722 bits per heavy atom. The van der Waals surface area contributed by atoms with E-state index in [1.54, 1.807) is 6.92 Å². The zero-order valence-corrected chi connectivity index (χ0v) is 25.4. The van der Waals surface area contributed by atoms with Crippen LogP contribution in [0.3, 0.4) is 0 Å². The van der Waals surface area contributed by atoms with Crippen LogP contribution in [0.2, 0.25) is 0 Å². The van der Waals surface area contributed by atoms with Crippen molar-refractivity contribution in [1.82, 2.24) is 0 Å². The summed E-state index contributed by atoms with van der Waals surface area (Å²) in [4.78, 5) is 0. The van der Waals surface area contributed by atoms with Gasteiger partial charge < -0.3 is 18.9 Å². The second kappa shape index (κ2) is 24.2. The Morgan fingerprint density at radius 1 is 0.556 bits per heavy atom. The molecule has 18 heavy (non-hydrogen) atoms. The molecule has 0 saturated carbocycles. The number of rotatable bonds is 4. The van der Waals surface area contributed by atoms with Crippen molar-refractivity contribution >= 4 is 0 Å². The molecule has 0 N–H and O–H groups in total. The van der Waals surface area contributed by atoms with Crippen LogP contribution in [0.15, 0.2) is 0 Å². The van der Waals surface area contributed by atoms with Crippen molar-refractivity contribution in [3.05, 3.63) is 28.4 Å². The largest absolute Gasteiger partial charge is 0.553 e. The molecular weight excluding hydrogens is 742 g/mol. The van der Waals surface area contributed by atoms with E-state index in [2.05, 4.69) is 47.4 Å². The molecule has 0 aliphatic rings. The van der Waals surface area contributed by atoms with Crippen LogP contribution >= 0.6 is 0 Å². The first-order chi connectivity index (χ1) is 7.35. The van der Waals surface area contributed by atoms with Crippen LogP contribution in [0.25, 0.3) is 0 Å². The fourth-order valence-electron chi connectivity index (χ4n) is 0.0481. The van der Waals surface area contributed by atoms with Crippen molar-refractivity contribution in [3.63, 3.8) is 0 Å². The molecule has 0 atom stereocenters. The van der Waals surface area contributed by atoms with Crippen LogP contribution in [0.5, 0.6) is 0 Å². The number of hydrogen-bond donors (Lipinski definition) is 0. The van der Waals surface area contributed by atoms with Gasteiger partial charge in [-0.25, -0.2) is 28.4 Å². The average molecular weight is 768 g/mol. The summed E-state index contributed by atoms with van der Waals surface area (Å²) in [5.41, 5.74) is 0. The van der Waals surface area contributed by atoms with Gasteiger partial charge in [0.1, 0.15) is 0 Å². The molecule has 0 aromatic carbocycles. The van der Waals surface area contributed by atoms with Gasteiger partial charge >= 0.3 is 0 Å². The van der Waals surface area contributed by atoms with Crippen molar-refractivity contribution in [2.75, 3.05) is 0 Å². The van der Waals surface area contributed by atoms with E-state index in [9.17, 15) is 0 Å². The Balaban J connectivity index is -0.0000000447. The fourth-order valence-corrected chi connectivity index (χ4v) is 0.0481. The van der Waals surface area contributed by atoms with Gasteiger partial charge in [-0.3, -0.25) is 0 Å². The zero-order chi connectivity index (χ0) is 13.6. The Morgan fingerprint density at radius 2 is 0.722 bits per heavy atom. The molecule has 0 rings (SSSR count). The Labute approximate surface area is 101 Å². The Hall–Kier alpha value is -2.16. The van der Waals surface area contributed by atoms with Gasteiger partial charge in [0.15, 0.2) is 0 Å². The van der Waals surface area contributed by atoms with E-state index in [4.69, 9.17) is 0 Å². The van der Waals surface area contributed by atoms with E-state index >= 15 is 0 Å². The minimum atomic E-state index is -0.287. The summed E-state index contributed by atoms with van der Waals surface area (Å²) in [6.45, 7) is 9.46. The van der Waals surface area contributed by atoms with E-state index in [1.807, 2.05) is 27.7 Å². The molecule has 0 heterocycles. The molecule has 0 unspecified atom stereocenters. The van der Waals surface area contributed by atoms with Crippen molar-refractivity contribution < 1.29 is 18.9 Å². The first-order valence-electron chi connectivity index (χ1n) is 4.98. The molecular formula is C12H26O4Rf2-4. The third-order valence-corrected chi connectivity index (χ3v) is 1.14. The van der Waals surface area contributed by atoms with Crippen LogP contribution in [-0.2, 0) is 18.9 Å². The van der Waals surface area contributed by atoms with Crippen LogP contribution in [0.4, 0.5) is 0 Å². The van der Waals surface area contributed by atoms with E-state index in [0.717, 1.165) is 0 Å². The van der Waals surface area contributed by atoms with Crippen molar-refractivity contribution in [2.45, 2.75) is 53.1 Å². The van der Waals surface area contributed by atoms with Gasteiger partial charge in [0.2, 0.25) is 0 Å².